The fourth-order valence-electron chi connectivity index (χ4n) is 3.71. The monoisotopic (exact) mass is 568 g/mol. The minimum absolute atomic E-state index is 0.103. The van der Waals surface area contributed by atoms with Gasteiger partial charge in [0.05, 0.1) is 40.6 Å². The third kappa shape index (κ3) is 10.4. The Morgan fingerprint density at radius 2 is 1.63 bits per heavy atom. The number of benzene rings is 2. The molecule has 41 heavy (non-hydrogen) atoms. The number of nitrogens with one attached hydrogen (secondary N) is 4. The molecule has 0 unspecified atom stereocenters. The second kappa shape index (κ2) is 16.8. The predicted octanol–water partition coefficient (Wildman–Crippen LogP) is 2.79. The highest BCUT2D eigenvalue weighted by molar-refractivity contribution is 5.95. The SMILES string of the molecule is COc1cccc(CNc2nc(Nc3cccc(C(=O)NCCOCCOCCN)c3)nc(NC(C)C)n2)c1OC. The molecule has 0 aliphatic heterocycles. The molecule has 0 saturated carbocycles. The molecule has 222 valence electrons. The number of hydrogen-bond acceptors (Lipinski definition) is 12. The molecule has 13 heteroatoms. The third-order valence-electron chi connectivity index (χ3n) is 5.52. The van der Waals surface area contributed by atoms with E-state index in [2.05, 4.69) is 36.2 Å². The Balaban J connectivity index is 1.65. The lowest BCUT2D eigenvalue weighted by atomic mass is 10.2. The van der Waals surface area contributed by atoms with E-state index >= 15 is 0 Å². The van der Waals surface area contributed by atoms with Crippen molar-refractivity contribution in [3.05, 3.63) is 53.6 Å². The van der Waals surface area contributed by atoms with Crippen molar-refractivity contribution in [2.45, 2.75) is 26.4 Å². The lowest BCUT2D eigenvalue weighted by molar-refractivity contribution is 0.0511. The van der Waals surface area contributed by atoms with Crippen molar-refractivity contribution < 1.29 is 23.7 Å². The number of methoxy groups -OCH3 is 2. The maximum absolute atomic E-state index is 12.7. The van der Waals surface area contributed by atoms with Gasteiger partial charge in [-0.15, -0.1) is 0 Å². The van der Waals surface area contributed by atoms with Crippen LogP contribution in [0, 0.1) is 0 Å². The fraction of sp³-hybridized carbons (Fsp3) is 0.429. The van der Waals surface area contributed by atoms with Crippen molar-refractivity contribution >= 4 is 29.4 Å². The summed E-state index contributed by atoms with van der Waals surface area (Å²) in [7, 11) is 3.19. The van der Waals surface area contributed by atoms with Gasteiger partial charge in [-0.05, 0) is 38.1 Å². The lowest BCUT2D eigenvalue weighted by Crippen LogP contribution is -2.27. The zero-order chi connectivity index (χ0) is 29.5. The minimum Gasteiger partial charge on any atom is -0.493 e. The van der Waals surface area contributed by atoms with Crippen molar-refractivity contribution in [2.24, 2.45) is 5.73 Å². The van der Waals surface area contributed by atoms with E-state index in [0.717, 1.165) is 5.56 Å². The molecule has 0 aliphatic rings. The normalized spacial score (nSPS) is 10.8. The summed E-state index contributed by atoms with van der Waals surface area (Å²) in [6.45, 7) is 7.02. The zero-order valence-corrected chi connectivity index (χ0v) is 24.0. The number of hydrogen-bond donors (Lipinski definition) is 5. The summed E-state index contributed by atoms with van der Waals surface area (Å²) >= 11 is 0. The van der Waals surface area contributed by atoms with Gasteiger partial charge in [-0.2, -0.15) is 15.0 Å². The molecule has 0 atom stereocenters. The number of anilines is 4. The van der Waals surface area contributed by atoms with Gasteiger partial charge in [0.25, 0.3) is 5.91 Å². The van der Waals surface area contributed by atoms with E-state index in [-0.39, 0.29) is 11.9 Å². The van der Waals surface area contributed by atoms with Crippen LogP contribution in [0.2, 0.25) is 0 Å². The number of para-hydroxylation sites is 1. The van der Waals surface area contributed by atoms with Crippen LogP contribution in [0.3, 0.4) is 0 Å². The topological polar surface area (TPSA) is 167 Å². The average molecular weight is 569 g/mol. The highest BCUT2D eigenvalue weighted by atomic mass is 16.5. The van der Waals surface area contributed by atoms with Gasteiger partial charge in [-0.1, -0.05) is 18.2 Å². The van der Waals surface area contributed by atoms with E-state index in [9.17, 15) is 4.79 Å². The van der Waals surface area contributed by atoms with Crippen molar-refractivity contribution in [3.8, 4) is 11.5 Å². The summed E-state index contributed by atoms with van der Waals surface area (Å²) in [4.78, 5) is 26.2. The number of nitrogens with two attached hydrogens (primary N) is 1. The average Bonchev–Trinajstić information content (AvgIpc) is 2.96. The summed E-state index contributed by atoms with van der Waals surface area (Å²) in [5, 5.41) is 12.5. The first-order valence-corrected chi connectivity index (χ1v) is 13.4. The van der Waals surface area contributed by atoms with Gasteiger partial charge < -0.3 is 45.9 Å². The summed E-state index contributed by atoms with van der Waals surface area (Å²) in [5.74, 6) is 2.12. The van der Waals surface area contributed by atoms with Crippen LogP contribution in [0.25, 0.3) is 0 Å². The first kappa shape index (κ1) is 31.3. The molecule has 0 spiro atoms. The highest BCUT2D eigenvalue weighted by Gasteiger charge is 2.13. The Labute approximate surface area is 240 Å². The molecule has 0 fully saturated rings. The van der Waals surface area contributed by atoms with E-state index < -0.39 is 0 Å². The Morgan fingerprint density at radius 3 is 2.37 bits per heavy atom. The number of nitrogens with zero attached hydrogens (tertiary/aromatic N) is 3. The number of carbonyl (C=O) groups excluding carboxylic acids is 1. The molecule has 1 amide bonds. The van der Waals surface area contributed by atoms with E-state index in [1.54, 1.807) is 32.4 Å². The number of carbonyl (C=O) groups is 1. The van der Waals surface area contributed by atoms with E-state index in [4.69, 9.17) is 24.7 Å². The molecule has 2 aromatic carbocycles. The first-order valence-electron chi connectivity index (χ1n) is 13.4. The maximum Gasteiger partial charge on any atom is 0.251 e. The Hall–Kier alpha value is -4.20. The van der Waals surface area contributed by atoms with Crippen molar-refractivity contribution in [3.63, 3.8) is 0 Å². The second-order valence-electron chi connectivity index (χ2n) is 9.09. The maximum atomic E-state index is 12.7. The third-order valence-corrected chi connectivity index (χ3v) is 5.52. The molecular weight excluding hydrogens is 528 g/mol. The van der Waals surface area contributed by atoms with Gasteiger partial charge >= 0.3 is 0 Å². The van der Waals surface area contributed by atoms with Gasteiger partial charge in [0.2, 0.25) is 17.8 Å². The van der Waals surface area contributed by atoms with Crippen LogP contribution in [0.4, 0.5) is 23.5 Å². The van der Waals surface area contributed by atoms with Gasteiger partial charge in [0.1, 0.15) is 0 Å². The van der Waals surface area contributed by atoms with Crippen LogP contribution >= 0.6 is 0 Å². The smallest absolute Gasteiger partial charge is 0.251 e. The number of amides is 1. The predicted molar refractivity (Wildman–Crippen MR) is 158 cm³/mol. The number of aromatic nitrogens is 3. The first-order chi connectivity index (χ1) is 19.9. The number of ether oxygens (including phenoxy) is 4. The van der Waals surface area contributed by atoms with E-state index in [0.29, 0.717) is 86.7 Å². The Bertz CT molecular complexity index is 1240. The highest BCUT2D eigenvalue weighted by Crippen LogP contribution is 2.31. The van der Waals surface area contributed by atoms with E-state index in [1.165, 1.54) is 0 Å². The summed E-state index contributed by atoms with van der Waals surface area (Å²) in [5.41, 5.74) is 7.38. The van der Waals surface area contributed by atoms with E-state index in [1.807, 2.05) is 38.1 Å². The Kier molecular flexibility index (Phi) is 12.8. The second-order valence-corrected chi connectivity index (χ2v) is 9.09. The lowest BCUT2D eigenvalue weighted by Gasteiger charge is -2.15. The summed E-state index contributed by atoms with van der Waals surface area (Å²) in [6.07, 6.45) is 0. The van der Waals surface area contributed by atoms with Gasteiger partial charge in [-0.3, -0.25) is 4.79 Å². The van der Waals surface area contributed by atoms with Crippen molar-refractivity contribution in [1.29, 1.82) is 0 Å². The largest absolute Gasteiger partial charge is 0.493 e. The fourth-order valence-corrected chi connectivity index (χ4v) is 3.71. The molecule has 13 nitrogen and oxygen atoms in total. The minimum atomic E-state index is -0.218. The van der Waals surface area contributed by atoms with Crippen LogP contribution in [-0.2, 0) is 16.0 Å². The zero-order valence-electron chi connectivity index (χ0n) is 24.0. The molecule has 0 saturated heterocycles. The number of rotatable bonds is 18. The van der Waals surface area contributed by atoms with Crippen molar-refractivity contribution in [2.75, 3.05) is 69.7 Å². The van der Waals surface area contributed by atoms with Crippen LogP contribution in [-0.4, -0.2) is 80.6 Å². The quantitative estimate of drug-likeness (QED) is 0.143. The van der Waals surface area contributed by atoms with Crippen molar-refractivity contribution in [1.82, 2.24) is 20.3 Å². The molecule has 3 aromatic rings. The van der Waals surface area contributed by atoms with Gasteiger partial charge in [0, 0.05) is 42.5 Å². The molecule has 0 bridgehead atoms. The molecule has 0 radical (unpaired) electrons. The van der Waals surface area contributed by atoms with Crippen LogP contribution < -0.4 is 36.5 Å². The van der Waals surface area contributed by atoms with Gasteiger partial charge in [0.15, 0.2) is 11.5 Å². The molecule has 6 N–H and O–H groups in total. The standard InChI is InChI=1S/C28H40N8O5/c1-19(2)32-27-34-26(31-18-21-8-6-10-23(38-3)24(21)39-4)35-28(36-27)33-22-9-5-7-20(17-22)25(37)30-12-14-41-16-15-40-13-11-29/h5-10,17,19H,11-16,18,29H2,1-4H3,(H,30,37)(H3,31,32,33,34,35,36). The molecule has 3 rings (SSSR count). The molecule has 1 heterocycles. The molecular formula is C28H40N8O5. The van der Waals surface area contributed by atoms with Crippen LogP contribution in [0.5, 0.6) is 11.5 Å². The molecule has 0 aliphatic carbocycles. The van der Waals surface area contributed by atoms with Gasteiger partial charge in [-0.25, -0.2) is 0 Å². The Morgan fingerprint density at radius 1 is 0.902 bits per heavy atom. The van der Waals surface area contributed by atoms with Crippen LogP contribution in [0.15, 0.2) is 42.5 Å². The summed E-state index contributed by atoms with van der Waals surface area (Å²) < 4.78 is 21.6. The molecule has 1 aromatic heterocycles. The summed E-state index contributed by atoms with van der Waals surface area (Å²) in [6, 6.07) is 12.8. The van der Waals surface area contributed by atoms with Crippen LogP contribution in [0.1, 0.15) is 29.8 Å².